The summed E-state index contributed by atoms with van der Waals surface area (Å²) in [5.74, 6) is 0.569. The van der Waals surface area contributed by atoms with E-state index in [4.69, 9.17) is 0 Å². The van der Waals surface area contributed by atoms with Crippen LogP contribution < -0.4 is 0 Å². The van der Waals surface area contributed by atoms with Gasteiger partial charge in [-0.25, -0.2) is 9.97 Å². The maximum atomic E-state index is 10.4. The van der Waals surface area contributed by atoms with Crippen molar-refractivity contribution in [2.24, 2.45) is 0 Å². The summed E-state index contributed by atoms with van der Waals surface area (Å²) >= 11 is 0. The molecule has 2 aromatic rings. The second kappa shape index (κ2) is 2.97. The summed E-state index contributed by atoms with van der Waals surface area (Å²) in [4.78, 5) is 18.5. The highest BCUT2D eigenvalue weighted by atomic mass is 16.1. The molecule has 0 aliphatic carbocycles. The Labute approximate surface area is 75.2 Å². The Hall–Kier alpha value is -1.71. The number of hydrogen-bond acceptors (Lipinski definition) is 3. The summed E-state index contributed by atoms with van der Waals surface area (Å²) in [5, 5.41) is 0. The minimum Gasteiger partial charge on any atom is -0.296 e. The summed E-state index contributed by atoms with van der Waals surface area (Å²) in [6.07, 6.45) is 7.03. The van der Waals surface area contributed by atoms with Gasteiger partial charge in [0.15, 0.2) is 6.29 Å². The number of carbonyl (C=O) groups is 1. The number of carbonyl (C=O) groups excluding carboxylic acids is 1. The van der Waals surface area contributed by atoms with Crippen molar-refractivity contribution in [3.05, 3.63) is 29.8 Å². The Morgan fingerprint density at radius 3 is 3.08 bits per heavy atom. The van der Waals surface area contributed by atoms with Gasteiger partial charge in [-0.3, -0.25) is 9.20 Å². The SMILES string of the molecule is CCc1cnc2nc(C=O)cn2c1. The van der Waals surface area contributed by atoms with Gasteiger partial charge in [0.25, 0.3) is 0 Å². The number of rotatable bonds is 2. The van der Waals surface area contributed by atoms with E-state index >= 15 is 0 Å². The van der Waals surface area contributed by atoms with Crippen LogP contribution in [0.15, 0.2) is 18.6 Å². The standard InChI is InChI=1S/C9H9N3O/c1-2-7-3-10-9-11-8(6-13)5-12(9)4-7/h3-6H,2H2,1H3. The summed E-state index contributed by atoms with van der Waals surface area (Å²) in [7, 11) is 0. The topological polar surface area (TPSA) is 47.3 Å². The van der Waals surface area contributed by atoms with Crippen molar-refractivity contribution in [3.63, 3.8) is 0 Å². The predicted molar refractivity (Wildman–Crippen MR) is 47.8 cm³/mol. The quantitative estimate of drug-likeness (QED) is 0.642. The van der Waals surface area contributed by atoms with Gasteiger partial charge in [0, 0.05) is 18.6 Å². The molecule has 2 rings (SSSR count). The molecule has 0 spiro atoms. The lowest BCUT2D eigenvalue weighted by atomic mass is 10.3. The van der Waals surface area contributed by atoms with Gasteiger partial charge in [-0.1, -0.05) is 6.92 Å². The fraction of sp³-hybridized carbons (Fsp3) is 0.222. The van der Waals surface area contributed by atoms with Crippen LogP contribution in [0.4, 0.5) is 0 Å². The lowest BCUT2D eigenvalue weighted by molar-refractivity contribution is 0.111. The molecule has 66 valence electrons. The fourth-order valence-electron chi connectivity index (χ4n) is 1.18. The Balaban J connectivity index is 2.63. The first-order chi connectivity index (χ1) is 6.33. The molecule has 0 aliphatic heterocycles. The Morgan fingerprint density at radius 1 is 1.54 bits per heavy atom. The van der Waals surface area contributed by atoms with Crippen LogP contribution in [0, 0.1) is 0 Å². The van der Waals surface area contributed by atoms with Gasteiger partial charge in [0.1, 0.15) is 5.69 Å². The van der Waals surface area contributed by atoms with Crippen molar-refractivity contribution in [1.29, 1.82) is 0 Å². The van der Waals surface area contributed by atoms with Crippen LogP contribution in [0.3, 0.4) is 0 Å². The van der Waals surface area contributed by atoms with E-state index in [9.17, 15) is 4.79 Å². The van der Waals surface area contributed by atoms with Crippen molar-refractivity contribution in [2.45, 2.75) is 13.3 Å². The van der Waals surface area contributed by atoms with Crippen LogP contribution in [-0.2, 0) is 6.42 Å². The maximum absolute atomic E-state index is 10.4. The molecule has 2 aromatic heterocycles. The average Bonchev–Trinajstić information content (AvgIpc) is 2.58. The van der Waals surface area contributed by atoms with Crippen LogP contribution in [-0.4, -0.2) is 20.7 Å². The van der Waals surface area contributed by atoms with Crippen LogP contribution in [0.25, 0.3) is 5.78 Å². The number of imidazole rings is 1. The van der Waals surface area contributed by atoms with E-state index in [-0.39, 0.29) is 0 Å². The second-order valence-electron chi connectivity index (χ2n) is 2.81. The van der Waals surface area contributed by atoms with E-state index < -0.39 is 0 Å². The molecule has 0 saturated heterocycles. The zero-order chi connectivity index (χ0) is 9.26. The molecule has 0 fully saturated rings. The van der Waals surface area contributed by atoms with Crippen LogP contribution in [0.1, 0.15) is 23.0 Å². The zero-order valence-corrected chi connectivity index (χ0v) is 7.27. The van der Waals surface area contributed by atoms with Crippen molar-refractivity contribution in [3.8, 4) is 0 Å². The molecule has 0 N–H and O–H groups in total. The van der Waals surface area contributed by atoms with Gasteiger partial charge in [-0.2, -0.15) is 0 Å². The van der Waals surface area contributed by atoms with E-state index in [0.29, 0.717) is 11.5 Å². The highest BCUT2D eigenvalue weighted by Gasteiger charge is 2.00. The Morgan fingerprint density at radius 2 is 2.38 bits per heavy atom. The molecule has 13 heavy (non-hydrogen) atoms. The monoisotopic (exact) mass is 175 g/mol. The highest BCUT2D eigenvalue weighted by molar-refractivity contribution is 5.72. The van der Waals surface area contributed by atoms with Crippen molar-refractivity contribution >= 4 is 12.1 Å². The number of aryl methyl sites for hydroxylation is 1. The molecule has 2 heterocycles. The van der Waals surface area contributed by atoms with E-state index in [1.165, 1.54) is 0 Å². The smallest absolute Gasteiger partial charge is 0.234 e. The zero-order valence-electron chi connectivity index (χ0n) is 7.27. The average molecular weight is 175 g/mol. The van der Waals surface area contributed by atoms with Crippen molar-refractivity contribution in [2.75, 3.05) is 0 Å². The number of aromatic nitrogens is 3. The molecular weight excluding hydrogens is 166 g/mol. The van der Waals surface area contributed by atoms with Crippen LogP contribution in [0.2, 0.25) is 0 Å². The Bertz CT molecular complexity index is 447. The largest absolute Gasteiger partial charge is 0.296 e. The maximum Gasteiger partial charge on any atom is 0.234 e. The molecular formula is C9H9N3O. The summed E-state index contributed by atoms with van der Waals surface area (Å²) in [5.41, 5.74) is 1.54. The van der Waals surface area contributed by atoms with Gasteiger partial charge in [0.05, 0.1) is 0 Å². The minimum atomic E-state index is 0.417. The molecule has 0 amide bonds. The van der Waals surface area contributed by atoms with E-state index in [1.807, 2.05) is 6.20 Å². The Kier molecular flexibility index (Phi) is 1.81. The highest BCUT2D eigenvalue weighted by Crippen LogP contribution is 2.03. The number of aldehydes is 1. The first-order valence-electron chi connectivity index (χ1n) is 4.12. The molecule has 4 nitrogen and oxygen atoms in total. The molecule has 0 atom stereocenters. The van der Waals surface area contributed by atoms with Crippen LogP contribution >= 0.6 is 0 Å². The van der Waals surface area contributed by atoms with Crippen LogP contribution in [0.5, 0.6) is 0 Å². The lowest BCUT2D eigenvalue weighted by Gasteiger charge is -1.95. The van der Waals surface area contributed by atoms with Gasteiger partial charge < -0.3 is 0 Å². The third kappa shape index (κ3) is 1.30. The molecule has 0 saturated carbocycles. The molecule has 0 aromatic carbocycles. The molecule has 0 unspecified atom stereocenters. The van der Waals surface area contributed by atoms with Gasteiger partial charge >= 0.3 is 0 Å². The first kappa shape index (κ1) is 7.91. The number of hydrogen-bond donors (Lipinski definition) is 0. The van der Waals surface area contributed by atoms with E-state index in [1.54, 1.807) is 16.8 Å². The van der Waals surface area contributed by atoms with E-state index in [2.05, 4.69) is 16.9 Å². The predicted octanol–water partition coefficient (Wildman–Crippen LogP) is 1.10. The van der Waals surface area contributed by atoms with Gasteiger partial charge in [-0.05, 0) is 12.0 Å². The van der Waals surface area contributed by atoms with Crippen molar-refractivity contribution in [1.82, 2.24) is 14.4 Å². The number of nitrogens with zero attached hydrogens (tertiary/aromatic N) is 3. The molecule has 0 radical (unpaired) electrons. The third-order valence-electron chi connectivity index (χ3n) is 1.91. The lowest BCUT2D eigenvalue weighted by Crippen LogP contribution is -1.90. The van der Waals surface area contributed by atoms with Crippen molar-refractivity contribution < 1.29 is 4.79 Å². The first-order valence-corrected chi connectivity index (χ1v) is 4.12. The normalized spacial score (nSPS) is 10.5. The summed E-state index contributed by atoms with van der Waals surface area (Å²) in [6, 6.07) is 0. The fourth-order valence-corrected chi connectivity index (χ4v) is 1.18. The molecule has 4 heteroatoms. The number of fused-ring (bicyclic) bond motifs is 1. The van der Waals surface area contributed by atoms with Gasteiger partial charge in [0.2, 0.25) is 5.78 Å². The second-order valence-corrected chi connectivity index (χ2v) is 2.81. The minimum absolute atomic E-state index is 0.417. The summed E-state index contributed by atoms with van der Waals surface area (Å²) in [6.45, 7) is 2.06. The third-order valence-corrected chi connectivity index (χ3v) is 1.91. The van der Waals surface area contributed by atoms with E-state index in [0.717, 1.165) is 18.3 Å². The molecule has 0 aliphatic rings. The van der Waals surface area contributed by atoms with Gasteiger partial charge in [-0.15, -0.1) is 0 Å². The molecule has 0 bridgehead atoms. The summed E-state index contributed by atoms with van der Waals surface area (Å²) < 4.78 is 1.77.